The van der Waals surface area contributed by atoms with Crippen LogP contribution >= 0.6 is 0 Å². The maximum absolute atomic E-state index is 11.6. The van der Waals surface area contributed by atoms with Crippen LogP contribution in [0.3, 0.4) is 0 Å². The van der Waals surface area contributed by atoms with Crippen molar-refractivity contribution in [1.29, 1.82) is 0 Å². The molecule has 2 aromatic rings. The average Bonchev–Trinajstić information content (AvgIpc) is 2.33. The molecule has 0 atom stereocenters. The Kier molecular flexibility index (Phi) is 2.95. The Balaban J connectivity index is 2.45. The predicted molar refractivity (Wildman–Crippen MR) is 58.8 cm³/mol. The van der Waals surface area contributed by atoms with Gasteiger partial charge in [-0.15, -0.1) is 0 Å². The van der Waals surface area contributed by atoms with E-state index in [4.69, 9.17) is 5.11 Å². The molecule has 1 N–H and O–H groups in total. The molecule has 0 aromatic carbocycles. The van der Waals surface area contributed by atoms with Crippen molar-refractivity contribution < 1.29 is 9.90 Å². The number of aromatic nitrogens is 3. The Labute approximate surface area is 96.2 Å². The summed E-state index contributed by atoms with van der Waals surface area (Å²) in [5, 5.41) is 8.97. The minimum Gasteiger partial charge on any atom is -0.477 e. The highest BCUT2D eigenvalue weighted by Gasteiger charge is 2.11. The van der Waals surface area contributed by atoms with Crippen LogP contribution in [0.25, 0.3) is 0 Å². The molecule has 2 aromatic heterocycles. The van der Waals surface area contributed by atoms with E-state index in [-0.39, 0.29) is 12.2 Å². The lowest BCUT2D eigenvalue weighted by Gasteiger charge is -2.07. The van der Waals surface area contributed by atoms with Crippen molar-refractivity contribution in [3.05, 3.63) is 58.5 Å². The lowest BCUT2D eigenvalue weighted by Crippen LogP contribution is -2.26. The summed E-state index contributed by atoms with van der Waals surface area (Å²) in [5.74, 6) is -0.762. The molecule has 0 aliphatic rings. The largest absolute Gasteiger partial charge is 0.477 e. The molecule has 2 heterocycles. The van der Waals surface area contributed by atoms with E-state index in [1.165, 1.54) is 30.6 Å². The van der Waals surface area contributed by atoms with E-state index < -0.39 is 11.5 Å². The van der Waals surface area contributed by atoms with Crippen LogP contribution in [0.15, 0.2) is 41.5 Å². The van der Waals surface area contributed by atoms with Crippen molar-refractivity contribution in [3.8, 4) is 0 Å². The minimum absolute atomic E-state index is 0.0438. The second-order valence-electron chi connectivity index (χ2n) is 3.31. The summed E-state index contributed by atoms with van der Waals surface area (Å²) >= 11 is 0. The van der Waals surface area contributed by atoms with Gasteiger partial charge in [0.25, 0.3) is 5.56 Å². The molecule has 0 aliphatic heterocycles. The van der Waals surface area contributed by atoms with Crippen molar-refractivity contribution in [2.45, 2.75) is 6.54 Å². The van der Waals surface area contributed by atoms with Gasteiger partial charge in [0.05, 0.1) is 6.54 Å². The highest BCUT2D eigenvalue weighted by Crippen LogP contribution is 1.99. The molecule has 0 amide bonds. The van der Waals surface area contributed by atoms with Crippen LogP contribution in [0, 0.1) is 0 Å². The fourth-order valence-corrected chi connectivity index (χ4v) is 1.42. The van der Waals surface area contributed by atoms with Gasteiger partial charge >= 0.3 is 5.97 Å². The van der Waals surface area contributed by atoms with E-state index >= 15 is 0 Å². The molecule has 17 heavy (non-hydrogen) atoms. The number of nitrogens with zero attached hydrogens (tertiary/aromatic N) is 3. The Hall–Kier alpha value is -2.50. The smallest absolute Gasteiger partial charge is 0.352 e. The van der Waals surface area contributed by atoms with E-state index in [2.05, 4.69) is 9.97 Å². The summed E-state index contributed by atoms with van der Waals surface area (Å²) in [7, 11) is 0. The molecule has 0 radical (unpaired) electrons. The van der Waals surface area contributed by atoms with E-state index in [0.717, 1.165) is 4.57 Å². The number of pyridine rings is 1. The topological polar surface area (TPSA) is 85.1 Å². The Morgan fingerprint density at radius 3 is 2.59 bits per heavy atom. The van der Waals surface area contributed by atoms with Crippen LogP contribution in [-0.4, -0.2) is 25.6 Å². The van der Waals surface area contributed by atoms with E-state index in [1.54, 1.807) is 6.07 Å². The van der Waals surface area contributed by atoms with E-state index in [0.29, 0.717) is 5.82 Å². The summed E-state index contributed by atoms with van der Waals surface area (Å²) in [6, 6.07) is 5.73. The summed E-state index contributed by atoms with van der Waals surface area (Å²) in [5.41, 5.74) is -0.470. The molecule has 0 spiro atoms. The Morgan fingerprint density at radius 2 is 1.94 bits per heavy atom. The van der Waals surface area contributed by atoms with Gasteiger partial charge in [0.2, 0.25) is 0 Å². The number of aromatic carboxylic acids is 1. The monoisotopic (exact) mass is 231 g/mol. The summed E-state index contributed by atoms with van der Waals surface area (Å²) in [6.07, 6.45) is 3.08. The number of hydrogen-bond donors (Lipinski definition) is 1. The van der Waals surface area contributed by atoms with Crippen LogP contribution in [0.5, 0.6) is 0 Å². The number of carboxylic acids is 1. The third kappa shape index (κ3) is 2.36. The fraction of sp³-hybridized carbons (Fsp3) is 0.0909. The molecule has 0 unspecified atom stereocenters. The number of hydrogen-bond acceptors (Lipinski definition) is 4. The molecule has 0 fully saturated rings. The molecular weight excluding hydrogens is 222 g/mol. The normalized spacial score (nSPS) is 10.1. The molecule has 2 rings (SSSR count). The Bertz CT molecular complexity index is 592. The van der Waals surface area contributed by atoms with Gasteiger partial charge in [0, 0.05) is 18.5 Å². The van der Waals surface area contributed by atoms with Crippen LogP contribution < -0.4 is 5.56 Å². The van der Waals surface area contributed by atoms with Gasteiger partial charge in [-0.25, -0.2) is 14.8 Å². The standard InChI is InChI=1S/C11H9N3O3/c15-10-4-1-3-8(11(16)17)14(10)7-9-12-5-2-6-13-9/h1-6H,7H2,(H,16,17). The average molecular weight is 231 g/mol. The van der Waals surface area contributed by atoms with Gasteiger partial charge in [-0.05, 0) is 12.1 Å². The maximum Gasteiger partial charge on any atom is 0.352 e. The van der Waals surface area contributed by atoms with E-state index in [9.17, 15) is 9.59 Å². The van der Waals surface area contributed by atoms with Crippen LogP contribution in [0.1, 0.15) is 16.3 Å². The van der Waals surface area contributed by atoms with Crippen molar-refractivity contribution in [2.75, 3.05) is 0 Å². The third-order valence-corrected chi connectivity index (χ3v) is 2.19. The van der Waals surface area contributed by atoms with Gasteiger partial charge in [-0.1, -0.05) is 6.07 Å². The first-order chi connectivity index (χ1) is 8.18. The summed E-state index contributed by atoms with van der Waals surface area (Å²) in [6.45, 7) is 0.0438. The van der Waals surface area contributed by atoms with E-state index in [1.807, 2.05) is 0 Å². The predicted octanol–water partition coefficient (Wildman–Crippen LogP) is 0.385. The first-order valence-electron chi connectivity index (χ1n) is 4.87. The van der Waals surface area contributed by atoms with Crippen LogP contribution in [-0.2, 0) is 6.54 Å². The van der Waals surface area contributed by atoms with Crippen LogP contribution in [0.4, 0.5) is 0 Å². The second-order valence-corrected chi connectivity index (χ2v) is 3.31. The van der Waals surface area contributed by atoms with Crippen molar-refractivity contribution >= 4 is 5.97 Å². The van der Waals surface area contributed by atoms with Crippen molar-refractivity contribution in [2.24, 2.45) is 0 Å². The van der Waals surface area contributed by atoms with Gasteiger partial charge in [-0.3, -0.25) is 9.36 Å². The SMILES string of the molecule is O=C(O)c1cccc(=O)n1Cc1ncccn1. The first kappa shape index (κ1) is 11.0. The number of carbonyl (C=O) groups is 1. The zero-order valence-corrected chi connectivity index (χ0v) is 8.78. The number of carboxylic acid groups (broad SMARTS) is 1. The molecule has 0 saturated carbocycles. The molecular formula is C11H9N3O3. The lowest BCUT2D eigenvalue weighted by atomic mass is 10.3. The molecule has 0 saturated heterocycles. The Morgan fingerprint density at radius 1 is 1.24 bits per heavy atom. The molecule has 6 heteroatoms. The summed E-state index contributed by atoms with van der Waals surface area (Å²) < 4.78 is 1.12. The molecule has 6 nitrogen and oxygen atoms in total. The van der Waals surface area contributed by atoms with Gasteiger partial charge in [0.15, 0.2) is 0 Å². The highest BCUT2D eigenvalue weighted by molar-refractivity contribution is 5.85. The first-order valence-corrected chi connectivity index (χ1v) is 4.87. The lowest BCUT2D eigenvalue weighted by molar-refractivity contribution is 0.0684. The van der Waals surface area contributed by atoms with Crippen molar-refractivity contribution in [1.82, 2.24) is 14.5 Å². The highest BCUT2D eigenvalue weighted by atomic mass is 16.4. The maximum atomic E-state index is 11.6. The van der Waals surface area contributed by atoms with Gasteiger partial charge in [-0.2, -0.15) is 0 Å². The van der Waals surface area contributed by atoms with Gasteiger partial charge < -0.3 is 5.11 Å². The fourth-order valence-electron chi connectivity index (χ4n) is 1.42. The molecule has 0 aliphatic carbocycles. The third-order valence-electron chi connectivity index (χ3n) is 2.19. The zero-order valence-electron chi connectivity index (χ0n) is 8.78. The quantitative estimate of drug-likeness (QED) is 0.825. The molecule has 86 valence electrons. The number of rotatable bonds is 3. The zero-order chi connectivity index (χ0) is 12.3. The minimum atomic E-state index is -1.15. The van der Waals surface area contributed by atoms with Crippen molar-refractivity contribution in [3.63, 3.8) is 0 Å². The summed E-state index contributed by atoms with van der Waals surface area (Å²) in [4.78, 5) is 30.5. The van der Waals surface area contributed by atoms with Crippen LogP contribution in [0.2, 0.25) is 0 Å². The second kappa shape index (κ2) is 4.56. The van der Waals surface area contributed by atoms with Gasteiger partial charge in [0.1, 0.15) is 11.5 Å². The molecule has 0 bridgehead atoms.